The minimum atomic E-state index is 0.00437. The predicted octanol–water partition coefficient (Wildman–Crippen LogP) is 2.29. The number of carbonyl (C=O) groups is 1. The number of likely N-dealkylation sites (tertiary alicyclic amines) is 1. The number of carbonyl (C=O) groups excluding carboxylic acids is 1. The molecule has 2 rings (SSSR count). The number of nitrogens with zero attached hydrogens (tertiary/aromatic N) is 1. The van der Waals surface area contributed by atoms with Gasteiger partial charge in [0.2, 0.25) is 5.91 Å². The van der Waals surface area contributed by atoms with Gasteiger partial charge in [0.25, 0.3) is 0 Å². The highest BCUT2D eigenvalue weighted by molar-refractivity contribution is 5.79. The molecule has 0 bridgehead atoms. The van der Waals surface area contributed by atoms with Crippen molar-refractivity contribution >= 4 is 5.91 Å². The third kappa shape index (κ3) is 2.82. The molecule has 1 atom stereocenters. The van der Waals surface area contributed by atoms with E-state index >= 15 is 0 Å². The molecule has 1 saturated heterocycles. The van der Waals surface area contributed by atoms with Crippen molar-refractivity contribution in [3.8, 4) is 0 Å². The zero-order chi connectivity index (χ0) is 12.5. The van der Waals surface area contributed by atoms with E-state index in [1.54, 1.807) is 0 Å². The monoisotopic (exact) mass is 238 g/mol. The first-order valence-corrected chi connectivity index (χ1v) is 7.08. The minimum absolute atomic E-state index is 0.00437. The van der Waals surface area contributed by atoms with Gasteiger partial charge in [-0.05, 0) is 39.5 Å². The summed E-state index contributed by atoms with van der Waals surface area (Å²) in [5, 5.41) is 0. The fourth-order valence-electron chi connectivity index (χ4n) is 3.20. The zero-order valence-corrected chi connectivity index (χ0v) is 11.2. The zero-order valence-electron chi connectivity index (χ0n) is 11.2. The molecule has 0 spiro atoms. The number of nitrogens with two attached hydrogens (primary N) is 1. The summed E-state index contributed by atoms with van der Waals surface area (Å²) in [5.41, 5.74) is 6.02. The fraction of sp³-hybridized carbons (Fsp3) is 0.929. The van der Waals surface area contributed by atoms with Crippen molar-refractivity contribution in [2.45, 2.75) is 70.4 Å². The second-order valence-corrected chi connectivity index (χ2v) is 6.39. The maximum absolute atomic E-state index is 12.6. The van der Waals surface area contributed by atoms with Crippen LogP contribution in [-0.4, -0.2) is 28.9 Å². The molecule has 0 radical (unpaired) electrons. The van der Waals surface area contributed by atoms with Crippen molar-refractivity contribution < 1.29 is 4.79 Å². The van der Waals surface area contributed by atoms with Gasteiger partial charge in [-0.2, -0.15) is 0 Å². The van der Waals surface area contributed by atoms with Crippen molar-refractivity contribution in [3.05, 3.63) is 0 Å². The Balaban J connectivity index is 2.05. The molecule has 1 heterocycles. The lowest BCUT2D eigenvalue weighted by molar-refractivity contribution is -0.144. The summed E-state index contributed by atoms with van der Waals surface area (Å²) in [6, 6.07) is 0.176. The van der Waals surface area contributed by atoms with Crippen LogP contribution in [0.2, 0.25) is 0 Å². The highest BCUT2D eigenvalue weighted by atomic mass is 16.2. The first-order valence-electron chi connectivity index (χ1n) is 7.08. The van der Waals surface area contributed by atoms with Gasteiger partial charge in [0.15, 0.2) is 0 Å². The number of amides is 1. The van der Waals surface area contributed by atoms with Crippen LogP contribution in [0.3, 0.4) is 0 Å². The first-order chi connectivity index (χ1) is 8.00. The number of piperidine rings is 1. The van der Waals surface area contributed by atoms with Gasteiger partial charge in [-0.25, -0.2) is 0 Å². The van der Waals surface area contributed by atoms with Crippen molar-refractivity contribution in [2.75, 3.05) is 6.54 Å². The van der Waals surface area contributed by atoms with E-state index in [0.29, 0.717) is 5.91 Å². The molecule has 0 aromatic carbocycles. The molecule has 2 aliphatic rings. The summed E-state index contributed by atoms with van der Waals surface area (Å²) in [6.07, 6.45) is 7.98. The van der Waals surface area contributed by atoms with E-state index < -0.39 is 0 Å². The minimum Gasteiger partial charge on any atom is -0.336 e. The van der Waals surface area contributed by atoms with E-state index in [2.05, 4.69) is 18.7 Å². The number of hydrogen-bond acceptors (Lipinski definition) is 2. The standard InChI is InChI=1S/C14H26N2O/c1-14(2)9-8-12(15)10-16(14)13(17)11-6-4-3-5-7-11/h11-12H,3-10,15H2,1-2H3. The topological polar surface area (TPSA) is 46.3 Å². The normalized spacial score (nSPS) is 30.3. The Kier molecular flexibility index (Phi) is 3.76. The van der Waals surface area contributed by atoms with Gasteiger partial charge >= 0.3 is 0 Å². The van der Waals surface area contributed by atoms with Crippen molar-refractivity contribution in [1.82, 2.24) is 4.90 Å². The van der Waals surface area contributed by atoms with Gasteiger partial charge in [0, 0.05) is 24.0 Å². The van der Waals surface area contributed by atoms with Gasteiger partial charge in [-0.3, -0.25) is 4.79 Å². The van der Waals surface area contributed by atoms with Crippen LogP contribution in [0.5, 0.6) is 0 Å². The van der Waals surface area contributed by atoms with Gasteiger partial charge in [0.05, 0.1) is 0 Å². The Hall–Kier alpha value is -0.570. The maximum Gasteiger partial charge on any atom is 0.226 e. The van der Waals surface area contributed by atoms with E-state index in [1.807, 2.05) is 0 Å². The number of hydrogen-bond donors (Lipinski definition) is 1. The van der Waals surface area contributed by atoms with Gasteiger partial charge < -0.3 is 10.6 Å². The molecular weight excluding hydrogens is 212 g/mol. The SMILES string of the molecule is CC1(C)CCC(N)CN1C(=O)C1CCCCC1. The molecule has 1 aliphatic heterocycles. The van der Waals surface area contributed by atoms with Gasteiger partial charge in [0.1, 0.15) is 0 Å². The molecule has 3 nitrogen and oxygen atoms in total. The third-order valence-electron chi connectivity index (χ3n) is 4.50. The van der Waals surface area contributed by atoms with Crippen LogP contribution < -0.4 is 5.73 Å². The lowest BCUT2D eigenvalue weighted by Crippen LogP contribution is -2.58. The van der Waals surface area contributed by atoms with E-state index in [9.17, 15) is 4.79 Å². The second-order valence-electron chi connectivity index (χ2n) is 6.39. The van der Waals surface area contributed by atoms with Crippen LogP contribution in [0.1, 0.15) is 58.8 Å². The fourth-order valence-corrected chi connectivity index (χ4v) is 3.20. The van der Waals surface area contributed by atoms with Crippen LogP contribution in [0.4, 0.5) is 0 Å². The lowest BCUT2D eigenvalue weighted by Gasteiger charge is -2.46. The summed E-state index contributed by atoms with van der Waals surface area (Å²) in [6.45, 7) is 5.11. The Morgan fingerprint density at radius 3 is 2.47 bits per heavy atom. The molecule has 17 heavy (non-hydrogen) atoms. The average molecular weight is 238 g/mol. The predicted molar refractivity (Wildman–Crippen MR) is 69.6 cm³/mol. The average Bonchev–Trinajstić information content (AvgIpc) is 2.33. The van der Waals surface area contributed by atoms with E-state index in [-0.39, 0.29) is 17.5 Å². The van der Waals surface area contributed by atoms with Crippen LogP contribution >= 0.6 is 0 Å². The second kappa shape index (κ2) is 4.97. The molecule has 1 aliphatic carbocycles. The molecular formula is C14H26N2O. The summed E-state index contributed by atoms with van der Waals surface area (Å²) in [7, 11) is 0. The molecule has 0 aromatic heterocycles. The quantitative estimate of drug-likeness (QED) is 0.762. The van der Waals surface area contributed by atoms with Crippen molar-refractivity contribution in [1.29, 1.82) is 0 Å². The maximum atomic E-state index is 12.6. The third-order valence-corrected chi connectivity index (χ3v) is 4.50. The first kappa shape index (κ1) is 12.9. The van der Waals surface area contributed by atoms with E-state index in [0.717, 1.165) is 32.2 Å². The van der Waals surface area contributed by atoms with E-state index in [4.69, 9.17) is 5.73 Å². The molecule has 3 heteroatoms. The van der Waals surface area contributed by atoms with Gasteiger partial charge in [-0.1, -0.05) is 19.3 Å². The summed E-state index contributed by atoms with van der Waals surface area (Å²) < 4.78 is 0. The Morgan fingerprint density at radius 1 is 1.18 bits per heavy atom. The molecule has 2 N–H and O–H groups in total. The molecule has 98 valence electrons. The number of rotatable bonds is 1. The summed E-state index contributed by atoms with van der Waals surface area (Å²) in [4.78, 5) is 14.7. The lowest BCUT2D eigenvalue weighted by atomic mass is 9.83. The van der Waals surface area contributed by atoms with Crippen LogP contribution in [0.25, 0.3) is 0 Å². The highest BCUT2D eigenvalue weighted by Gasteiger charge is 2.38. The molecule has 1 unspecified atom stereocenters. The summed E-state index contributed by atoms with van der Waals surface area (Å²) in [5.74, 6) is 0.637. The molecule has 1 saturated carbocycles. The molecule has 2 fully saturated rings. The highest BCUT2D eigenvalue weighted by Crippen LogP contribution is 2.32. The van der Waals surface area contributed by atoms with Crippen molar-refractivity contribution in [3.63, 3.8) is 0 Å². The van der Waals surface area contributed by atoms with E-state index in [1.165, 1.54) is 19.3 Å². The Bertz CT molecular complexity index is 282. The van der Waals surface area contributed by atoms with Gasteiger partial charge in [-0.15, -0.1) is 0 Å². The Morgan fingerprint density at radius 2 is 1.82 bits per heavy atom. The van der Waals surface area contributed by atoms with Crippen LogP contribution in [-0.2, 0) is 4.79 Å². The summed E-state index contributed by atoms with van der Waals surface area (Å²) >= 11 is 0. The van der Waals surface area contributed by atoms with Crippen molar-refractivity contribution in [2.24, 2.45) is 11.7 Å². The smallest absolute Gasteiger partial charge is 0.226 e. The largest absolute Gasteiger partial charge is 0.336 e. The van der Waals surface area contributed by atoms with Crippen LogP contribution in [0, 0.1) is 5.92 Å². The Labute approximate surface area is 105 Å². The molecule has 0 aromatic rings. The molecule has 1 amide bonds. The van der Waals surface area contributed by atoms with Crippen LogP contribution in [0.15, 0.2) is 0 Å².